The van der Waals surface area contributed by atoms with Crippen LogP contribution >= 0.6 is 11.3 Å². The Bertz CT molecular complexity index is 691. The number of hydrogen-bond donors (Lipinski definition) is 1. The summed E-state index contributed by atoms with van der Waals surface area (Å²) < 4.78 is 14.9. The fraction of sp³-hybridized carbons (Fsp3) is 0.444. The van der Waals surface area contributed by atoms with Crippen LogP contribution < -0.4 is 10.1 Å². The van der Waals surface area contributed by atoms with Gasteiger partial charge in [-0.3, -0.25) is 14.0 Å². The van der Waals surface area contributed by atoms with Crippen LogP contribution in [0.25, 0.3) is 0 Å². The van der Waals surface area contributed by atoms with Gasteiger partial charge in [-0.25, -0.2) is 4.98 Å². The number of aryl methyl sites for hydroxylation is 2. The second-order valence-corrected chi connectivity index (χ2v) is 9.20. The standard InChI is InChI=1S/C6H7N.C5H7NOS.C4H9NO.C3H8OS/c1-6-2-4-7-5-3-6;1-4-3-8-5(6-4)7-2;1-3-5-4(2)6;1-5(2,3)4/h2-5H,1H3;3H,1-2H3;3H2,1-2H3,(H,5,6);1H2,2-3H3. The van der Waals surface area contributed by atoms with E-state index in [0.29, 0.717) is 0 Å². The lowest BCUT2D eigenvalue weighted by Crippen LogP contribution is -2.18. The normalized spacial score (nSPS) is 9.19. The molecule has 0 fully saturated rings. The molecule has 0 saturated carbocycles. The number of carbonyl (C=O) groups is 1. The van der Waals surface area contributed by atoms with Crippen molar-refractivity contribution in [2.45, 2.75) is 27.7 Å². The molecule has 26 heavy (non-hydrogen) atoms. The van der Waals surface area contributed by atoms with E-state index < -0.39 is 9.52 Å². The molecule has 0 aliphatic heterocycles. The van der Waals surface area contributed by atoms with Crippen molar-refractivity contribution in [3.8, 4) is 5.19 Å². The summed E-state index contributed by atoms with van der Waals surface area (Å²) in [5.74, 6) is 3.34. The molecule has 2 rings (SSSR count). The fourth-order valence-electron chi connectivity index (χ4n) is 1.10. The van der Waals surface area contributed by atoms with E-state index in [0.717, 1.165) is 17.4 Å². The maximum atomic E-state index is 10.1. The Hall–Kier alpha value is -1.93. The molecule has 6 nitrogen and oxygen atoms in total. The van der Waals surface area contributed by atoms with Gasteiger partial charge in [0.05, 0.1) is 12.8 Å². The lowest BCUT2D eigenvalue weighted by atomic mass is 10.3. The van der Waals surface area contributed by atoms with Gasteiger partial charge in [-0.2, -0.15) is 0 Å². The van der Waals surface area contributed by atoms with Gasteiger partial charge in [-0.05, 0) is 53.9 Å². The predicted molar refractivity (Wildman–Crippen MR) is 114 cm³/mol. The van der Waals surface area contributed by atoms with Crippen molar-refractivity contribution in [2.24, 2.45) is 0 Å². The number of amides is 1. The van der Waals surface area contributed by atoms with E-state index in [4.69, 9.17) is 4.74 Å². The van der Waals surface area contributed by atoms with Crippen LogP contribution in [0, 0.1) is 13.8 Å². The van der Waals surface area contributed by atoms with Crippen LogP contribution in [-0.2, 0) is 14.3 Å². The Balaban J connectivity index is 0. The van der Waals surface area contributed by atoms with Crippen LogP contribution in [0.3, 0.4) is 0 Å². The summed E-state index contributed by atoms with van der Waals surface area (Å²) >= 11 is 1.52. The van der Waals surface area contributed by atoms with Gasteiger partial charge in [-0.15, -0.1) is 0 Å². The summed E-state index contributed by atoms with van der Waals surface area (Å²) in [6.45, 7) is 8.11. The third-order valence-electron chi connectivity index (χ3n) is 2.05. The minimum absolute atomic E-state index is 0.0394. The van der Waals surface area contributed by atoms with E-state index in [1.807, 2.05) is 38.3 Å². The number of ether oxygens (including phenoxy) is 1. The molecule has 2 aromatic rings. The van der Waals surface area contributed by atoms with Gasteiger partial charge in [-0.1, -0.05) is 11.3 Å². The highest BCUT2D eigenvalue weighted by Gasteiger charge is 1.92. The quantitative estimate of drug-likeness (QED) is 0.783. The topological polar surface area (TPSA) is 81.2 Å². The minimum Gasteiger partial charge on any atom is -0.473 e. The molecular weight excluding hydrogens is 370 g/mol. The van der Waals surface area contributed by atoms with Crippen LogP contribution in [-0.4, -0.2) is 52.1 Å². The molecule has 0 aliphatic rings. The number of carbonyl (C=O) groups excluding carboxylic acids is 1. The first kappa shape index (κ1) is 26.3. The third-order valence-corrected chi connectivity index (χ3v) is 2.96. The predicted octanol–water partition coefficient (Wildman–Crippen LogP) is 2.95. The van der Waals surface area contributed by atoms with Crippen molar-refractivity contribution in [3.63, 3.8) is 0 Å². The van der Waals surface area contributed by atoms with Crippen LogP contribution in [0.15, 0.2) is 29.9 Å². The summed E-state index contributed by atoms with van der Waals surface area (Å²) in [5, 5.41) is 5.27. The number of aromatic nitrogens is 2. The molecule has 8 heteroatoms. The first-order valence-corrected chi connectivity index (χ1v) is 11.3. The fourth-order valence-corrected chi connectivity index (χ4v) is 1.72. The molecule has 0 unspecified atom stereocenters. The average molecular weight is 402 g/mol. The van der Waals surface area contributed by atoms with Crippen LogP contribution in [0.2, 0.25) is 0 Å². The van der Waals surface area contributed by atoms with Crippen molar-refractivity contribution in [2.75, 3.05) is 26.2 Å². The Kier molecular flexibility index (Phi) is 15.5. The van der Waals surface area contributed by atoms with Crippen LogP contribution in [0.4, 0.5) is 0 Å². The molecule has 0 aliphatic carbocycles. The molecule has 0 radical (unpaired) electrons. The zero-order valence-corrected chi connectivity index (χ0v) is 18.4. The number of thiazole rings is 1. The van der Waals surface area contributed by atoms with Gasteiger partial charge < -0.3 is 10.1 Å². The zero-order chi connectivity index (χ0) is 20.6. The zero-order valence-electron chi connectivity index (χ0n) is 16.7. The molecular formula is C18H31N3O3S2. The molecule has 0 bridgehead atoms. The monoisotopic (exact) mass is 401 g/mol. The van der Waals surface area contributed by atoms with Gasteiger partial charge in [0.15, 0.2) is 0 Å². The van der Waals surface area contributed by atoms with Gasteiger partial charge >= 0.3 is 0 Å². The highest BCUT2D eigenvalue weighted by molar-refractivity contribution is 7.98. The molecule has 1 amide bonds. The Morgan fingerprint density at radius 3 is 1.96 bits per heavy atom. The minimum atomic E-state index is -1.67. The molecule has 148 valence electrons. The van der Waals surface area contributed by atoms with E-state index in [1.54, 1.807) is 32.0 Å². The maximum Gasteiger partial charge on any atom is 0.273 e. The number of methoxy groups -OCH3 is 1. The largest absolute Gasteiger partial charge is 0.473 e. The molecule has 0 spiro atoms. The van der Waals surface area contributed by atoms with Crippen molar-refractivity contribution in [3.05, 3.63) is 41.2 Å². The SMILES string of the molecule is C=S(C)(C)=O.CCNC(C)=O.COc1nc(C)cs1.Cc1ccncc1. The maximum absolute atomic E-state index is 10.1. The first-order valence-electron chi connectivity index (χ1n) is 7.84. The number of rotatable bonds is 2. The molecule has 0 aromatic carbocycles. The number of nitrogens with zero attached hydrogens (tertiary/aromatic N) is 2. The van der Waals surface area contributed by atoms with Crippen molar-refractivity contribution in [1.82, 2.24) is 15.3 Å². The summed E-state index contributed by atoms with van der Waals surface area (Å²) in [5.41, 5.74) is 2.28. The molecule has 0 saturated heterocycles. The van der Waals surface area contributed by atoms with Crippen molar-refractivity contribution >= 4 is 32.6 Å². The van der Waals surface area contributed by atoms with Gasteiger partial charge in [0, 0.05) is 43.8 Å². The molecule has 2 aromatic heterocycles. The number of pyridine rings is 1. The van der Waals surface area contributed by atoms with E-state index in [2.05, 4.69) is 21.2 Å². The Morgan fingerprint density at radius 2 is 1.81 bits per heavy atom. The summed E-state index contributed by atoms with van der Waals surface area (Å²) in [6.07, 6.45) is 6.78. The molecule has 0 atom stereocenters. The van der Waals surface area contributed by atoms with Crippen molar-refractivity contribution < 1.29 is 13.7 Å². The van der Waals surface area contributed by atoms with Gasteiger partial charge in [0.1, 0.15) is 0 Å². The van der Waals surface area contributed by atoms with Gasteiger partial charge in [0.2, 0.25) is 5.91 Å². The van der Waals surface area contributed by atoms with E-state index in [9.17, 15) is 9.00 Å². The number of nitrogens with one attached hydrogen (secondary N) is 1. The Labute approximate surface area is 162 Å². The first-order chi connectivity index (χ1) is 12.0. The lowest BCUT2D eigenvalue weighted by molar-refractivity contribution is -0.118. The highest BCUT2D eigenvalue weighted by atomic mass is 32.2. The summed E-state index contributed by atoms with van der Waals surface area (Å²) in [6, 6.07) is 3.94. The Morgan fingerprint density at radius 1 is 1.31 bits per heavy atom. The third kappa shape index (κ3) is 24.3. The second-order valence-electron chi connectivity index (χ2n) is 5.51. The molecule has 2 heterocycles. The number of hydrogen-bond acceptors (Lipinski definition) is 6. The van der Waals surface area contributed by atoms with Crippen LogP contribution in [0.1, 0.15) is 25.1 Å². The average Bonchev–Trinajstić information content (AvgIpc) is 2.93. The van der Waals surface area contributed by atoms with Crippen molar-refractivity contribution in [1.29, 1.82) is 0 Å². The van der Waals surface area contributed by atoms with Crippen LogP contribution in [0.5, 0.6) is 5.19 Å². The highest BCUT2D eigenvalue weighted by Crippen LogP contribution is 2.15. The van der Waals surface area contributed by atoms with E-state index in [1.165, 1.54) is 23.8 Å². The van der Waals surface area contributed by atoms with E-state index >= 15 is 0 Å². The summed E-state index contributed by atoms with van der Waals surface area (Å²) in [4.78, 5) is 17.8. The summed E-state index contributed by atoms with van der Waals surface area (Å²) in [7, 11) is -0.0434. The smallest absolute Gasteiger partial charge is 0.273 e. The second kappa shape index (κ2) is 15.3. The molecule has 1 N–H and O–H groups in total. The lowest BCUT2D eigenvalue weighted by Gasteiger charge is -1.88. The van der Waals surface area contributed by atoms with Gasteiger partial charge in [0.25, 0.3) is 5.19 Å². The van der Waals surface area contributed by atoms with E-state index in [-0.39, 0.29) is 5.91 Å².